The normalized spacial score (nSPS) is 26.0. The first-order valence-electron chi connectivity index (χ1n) is 6.22. The quantitative estimate of drug-likeness (QED) is 0.872. The number of hydrogen-bond donors (Lipinski definition) is 1. The standard InChI is InChI=1S/C14H21NO2/c1-11-7-8-15(10-14(11)17-2)9-12-3-5-13(16)6-4-12/h3-6,11,14,16H,7-10H2,1-2H3. The van der Waals surface area contributed by atoms with Crippen molar-refractivity contribution in [3.8, 4) is 5.75 Å². The van der Waals surface area contributed by atoms with Crippen molar-refractivity contribution in [1.82, 2.24) is 4.90 Å². The summed E-state index contributed by atoms with van der Waals surface area (Å²) >= 11 is 0. The number of methoxy groups -OCH3 is 1. The van der Waals surface area contributed by atoms with Crippen LogP contribution in [0.15, 0.2) is 24.3 Å². The minimum atomic E-state index is 0.329. The Hall–Kier alpha value is -1.06. The van der Waals surface area contributed by atoms with Gasteiger partial charge in [0.15, 0.2) is 0 Å². The summed E-state index contributed by atoms with van der Waals surface area (Å²) in [6.45, 7) is 5.32. The molecule has 1 aliphatic heterocycles. The van der Waals surface area contributed by atoms with Crippen molar-refractivity contribution in [3.05, 3.63) is 29.8 Å². The Labute approximate surface area is 103 Å². The van der Waals surface area contributed by atoms with Gasteiger partial charge >= 0.3 is 0 Å². The number of rotatable bonds is 3. The molecule has 0 radical (unpaired) electrons. The maximum Gasteiger partial charge on any atom is 0.115 e. The molecule has 2 unspecified atom stereocenters. The summed E-state index contributed by atoms with van der Waals surface area (Å²) in [5.74, 6) is 0.979. The Kier molecular flexibility index (Phi) is 4.02. The van der Waals surface area contributed by atoms with E-state index in [9.17, 15) is 5.11 Å². The van der Waals surface area contributed by atoms with Crippen LogP contribution in [-0.2, 0) is 11.3 Å². The van der Waals surface area contributed by atoms with Gasteiger partial charge in [-0.1, -0.05) is 19.1 Å². The number of ether oxygens (including phenoxy) is 1. The molecule has 0 spiro atoms. The van der Waals surface area contributed by atoms with E-state index in [1.54, 1.807) is 19.2 Å². The second-order valence-corrected chi connectivity index (χ2v) is 4.94. The molecule has 1 aliphatic rings. The zero-order valence-electron chi connectivity index (χ0n) is 10.6. The van der Waals surface area contributed by atoms with Crippen LogP contribution in [0, 0.1) is 5.92 Å². The molecule has 3 nitrogen and oxygen atoms in total. The predicted octanol–water partition coefficient (Wildman–Crippen LogP) is 2.25. The third-order valence-electron chi connectivity index (χ3n) is 3.62. The lowest BCUT2D eigenvalue weighted by atomic mass is 9.95. The number of phenolic OH excluding ortho intramolecular Hbond substituents is 1. The molecule has 94 valence electrons. The molecule has 17 heavy (non-hydrogen) atoms. The number of piperidine rings is 1. The predicted molar refractivity (Wildman–Crippen MR) is 68.0 cm³/mol. The van der Waals surface area contributed by atoms with Crippen LogP contribution in [0.5, 0.6) is 5.75 Å². The van der Waals surface area contributed by atoms with E-state index in [0.717, 1.165) is 19.6 Å². The summed E-state index contributed by atoms with van der Waals surface area (Å²) in [5.41, 5.74) is 1.24. The molecule has 0 aromatic heterocycles. The first-order chi connectivity index (χ1) is 8.19. The summed E-state index contributed by atoms with van der Waals surface area (Å²) in [6, 6.07) is 7.45. The number of benzene rings is 1. The Morgan fingerprint density at radius 3 is 2.71 bits per heavy atom. The van der Waals surface area contributed by atoms with Crippen LogP contribution < -0.4 is 0 Å². The van der Waals surface area contributed by atoms with Crippen LogP contribution >= 0.6 is 0 Å². The molecule has 0 amide bonds. The molecule has 1 aromatic rings. The van der Waals surface area contributed by atoms with Gasteiger partial charge in [0.25, 0.3) is 0 Å². The summed E-state index contributed by atoms with van der Waals surface area (Å²) in [7, 11) is 1.80. The molecule has 1 heterocycles. The van der Waals surface area contributed by atoms with E-state index in [-0.39, 0.29) is 0 Å². The second kappa shape index (κ2) is 5.52. The fourth-order valence-corrected chi connectivity index (χ4v) is 2.41. The van der Waals surface area contributed by atoms with E-state index < -0.39 is 0 Å². The van der Waals surface area contributed by atoms with Crippen molar-refractivity contribution in [2.45, 2.75) is 26.0 Å². The highest BCUT2D eigenvalue weighted by Crippen LogP contribution is 2.21. The van der Waals surface area contributed by atoms with Gasteiger partial charge in [-0.05, 0) is 36.6 Å². The van der Waals surface area contributed by atoms with Crippen molar-refractivity contribution in [3.63, 3.8) is 0 Å². The summed E-state index contributed by atoms with van der Waals surface area (Å²) in [4.78, 5) is 2.42. The van der Waals surface area contributed by atoms with E-state index >= 15 is 0 Å². The Balaban J connectivity index is 1.93. The van der Waals surface area contributed by atoms with Crippen LogP contribution in [0.3, 0.4) is 0 Å². The van der Waals surface area contributed by atoms with E-state index in [1.165, 1.54) is 12.0 Å². The highest BCUT2D eigenvalue weighted by molar-refractivity contribution is 5.25. The Bertz CT molecular complexity index is 350. The van der Waals surface area contributed by atoms with Crippen LogP contribution in [0.1, 0.15) is 18.9 Å². The minimum Gasteiger partial charge on any atom is -0.508 e. The fraction of sp³-hybridized carbons (Fsp3) is 0.571. The lowest BCUT2D eigenvalue weighted by Crippen LogP contribution is -2.43. The van der Waals surface area contributed by atoms with Crippen LogP contribution in [0.4, 0.5) is 0 Å². The second-order valence-electron chi connectivity index (χ2n) is 4.94. The number of hydrogen-bond acceptors (Lipinski definition) is 3. The maximum absolute atomic E-state index is 9.24. The maximum atomic E-state index is 9.24. The SMILES string of the molecule is COC1CN(Cc2ccc(O)cc2)CCC1C. The molecule has 1 fully saturated rings. The summed E-state index contributed by atoms with van der Waals surface area (Å²) in [6.07, 6.45) is 1.54. The third kappa shape index (κ3) is 3.20. The number of likely N-dealkylation sites (tertiary alicyclic amines) is 1. The lowest BCUT2D eigenvalue weighted by Gasteiger charge is -2.36. The highest BCUT2D eigenvalue weighted by atomic mass is 16.5. The first-order valence-corrected chi connectivity index (χ1v) is 6.22. The minimum absolute atomic E-state index is 0.329. The topological polar surface area (TPSA) is 32.7 Å². The largest absolute Gasteiger partial charge is 0.508 e. The molecule has 1 aromatic carbocycles. The Morgan fingerprint density at radius 1 is 1.35 bits per heavy atom. The first kappa shape index (κ1) is 12.4. The molecule has 2 rings (SSSR count). The smallest absolute Gasteiger partial charge is 0.115 e. The van der Waals surface area contributed by atoms with Gasteiger partial charge in [-0.3, -0.25) is 4.90 Å². The molecular formula is C14H21NO2. The van der Waals surface area contributed by atoms with Crippen molar-refractivity contribution in [2.24, 2.45) is 5.92 Å². The molecular weight excluding hydrogens is 214 g/mol. The molecule has 3 heteroatoms. The summed E-state index contributed by atoms with van der Waals surface area (Å²) < 4.78 is 5.51. The fourth-order valence-electron chi connectivity index (χ4n) is 2.41. The highest BCUT2D eigenvalue weighted by Gasteiger charge is 2.25. The monoisotopic (exact) mass is 235 g/mol. The van der Waals surface area contributed by atoms with Crippen LogP contribution in [0.2, 0.25) is 0 Å². The number of aromatic hydroxyl groups is 1. The molecule has 0 bridgehead atoms. The van der Waals surface area contributed by atoms with Gasteiger partial charge in [-0.15, -0.1) is 0 Å². The van der Waals surface area contributed by atoms with Crippen molar-refractivity contribution >= 4 is 0 Å². The van der Waals surface area contributed by atoms with E-state index in [4.69, 9.17) is 4.74 Å². The van der Waals surface area contributed by atoms with Gasteiger partial charge in [0, 0.05) is 20.2 Å². The van der Waals surface area contributed by atoms with Crippen LogP contribution in [0.25, 0.3) is 0 Å². The van der Waals surface area contributed by atoms with E-state index in [0.29, 0.717) is 17.8 Å². The van der Waals surface area contributed by atoms with E-state index in [1.807, 2.05) is 12.1 Å². The Morgan fingerprint density at radius 2 is 2.06 bits per heavy atom. The molecule has 2 atom stereocenters. The lowest BCUT2D eigenvalue weighted by molar-refractivity contribution is -0.00745. The van der Waals surface area contributed by atoms with E-state index in [2.05, 4.69) is 11.8 Å². The molecule has 1 N–H and O–H groups in total. The van der Waals surface area contributed by atoms with Gasteiger partial charge in [0.1, 0.15) is 5.75 Å². The molecule has 1 saturated heterocycles. The van der Waals surface area contributed by atoms with Crippen molar-refractivity contribution in [2.75, 3.05) is 20.2 Å². The number of phenols is 1. The van der Waals surface area contributed by atoms with Crippen molar-refractivity contribution in [1.29, 1.82) is 0 Å². The number of nitrogens with zero attached hydrogens (tertiary/aromatic N) is 1. The zero-order valence-corrected chi connectivity index (χ0v) is 10.6. The van der Waals surface area contributed by atoms with Gasteiger partial charge in [0.05, 0.1) is 6.10 Å². The average molecular weight is 235 g/mol. The van der Waals surface area contributed by atoms with Crippen LogP contribution in [-0.4, -0.2) is 36.3 Å². The average Bonchev–Trinajstić information content (AvgIpc) is 2.34. The van der Waals surface area contributed by atoms with Crippen molar-refractivity contribution < 1.29 is 9.84 Å². The van der Waals surface area contributed by atoms with Gasteiger partial charge in [0.2, 0.25) is 0 Å². The van der Waals surface area contributed by atoms with Gasteiger partial charge in [-0.25, -0.2) is 0 Å². The third-order valence-corrected chi connectivity index (χ3v) is 3.62. The summed E-state index contributed by atoms with van der Waals surface area (Å²) in [5, 5.41) is 9.24. The molecule has 0 aliphatic carbocycles. The molecule has 0 saturated carbocycles. The van der Waals surface area contributed by atoms with Gasteiger partial charge in [-0.2, -0.15) is 0 Å². The zero-order chi connectivity index (χ0) is 12.3. The van der Waals surface area contributed by atoms with Gasteiger partial charge < -0.3 is 9.84 Å².